The first-order valence-corrected chi connectivity index (χ1v) is 3.90. The maximum absolute atomic E-state index is 9.56. The molecule has 0 spiro atoms. The van der Waals surface area contributed by atoms with Crippen LogP contribution in [0.5, 0.6) is 0 Å². The minimum atomic E-state index is -3.66. The van der Waals surface area contributed by atoms with Crippen LogP contribution in [0.3, 0.4) is 0 Å². The van der Waals surface area contributed by atoms with Crippen molar-refractivity contribution < 1.29 is 13.0 Å². The zero-order chi connectivity index (χ0) is 7.21. The SMILES string of the molecule is CCS(=O)(=O)O.NS. The zero-order valence-electron chi connectivity index (χ0n) is 4.40. The first-order valence-electron chi connectivity index (χ1n) is 1.77. The molecule has 52 valence electrons. The van der Waals surface area contributed by atoms with Crippen LogP contribution in [0.15, 0.2) is 0 Å². The third kappa shape index (κ3) is 16.3. The van der Waals surface area contributed by atoms with Crippen molar-refractivity contribution in [3.8, 4) is 0 Å². The van der Waals surface area contributed by atoms with E-state index >= 15 is 0 Å². The molecule has 0 aromatic rings. The van der Waals surface area contributed by atoms with Gasteiger partial charge < -0.3 is 0 Å². The van der Waals surface area contributed by atoms with E-state index in [1.807, 2.05) is 0 Å². The van der Waals surface area contributed by atoms with Crippen LogP contribution in [0.4, 0.5) is 0 Å². The number of hydrogen-bond acceptors (Lipinski definition) is 4. The Kier molecular flexibility index (Phi) is 7.42. The van der Waals surface area contributed by atoms with Gasteiger partial charge in [-0.2, -0.15) is 8.42 Å². The molecule has 6 heteroatoms. The highest BCUT2D eigenvalue weighted by Crippen LogP contribution is 1.74. The summed E-state index contributed by atoms with van der Waals surface area (Å²) in [6, 6.07) is 0. The number of hydrogen-bond donors (Lipinski definition) is 3. The Balaban J connectivity index is 0. The van der Waals surface area contributed by atoms with Gasteiger partial charge in [-0.15, -0.1) is 12.8 Å². The van der Waals surface area contributed by atoms with E-state index in [0.29, 0.717) is 0 Å². The Morgan fingerprint density at radius 1 is 1.62 bits per heavy atom. The monoisotopic (exact) mass is 159 g/mol. The predicted molar refractivity (Wildman–Crippen MR) is 35.3 cm³/mol. The van der Waals surface area contributed by atoms with Crippen molar-refractivity contribution in [2.24, 2.45) is 5.14 Å². The maximum Gasteiger partial charge on any atom is 0.264 e. The van der Waals surface area contributed by atoms with Gasteiger partial charge >= 0.3 is 0 Å². The molecule has 0 unspecified atom stereocenters. The van der Waals surface area contributed by atoms with Crippen LogP contribution >= 0.6 is 12.8 Å². The molecule has 8 heavy (non-hydrogen) atoms. The molecule has 0 bridgehead atoms. The summed E-state index contributed by atoms with van der Waals surface area (Å²) in [7, 11) is -3.66. The number of nitrogens with two attached hydrogens (primary N) is 1. The topological polar surface area (TPSA) is 80.4 Å². The number of rotatable bonds is 1. The van der Waals surface area contributed by atoms with Crippen molar-refractivity contribution in [1.29, 1.82) is 0 Å². The second kappa shape index (κ2) is 5.36. The summed E-state index contributed by atoms with van der Waals surface area (Å²) >= 11 is 3.03. The average molecular weight is 159 g/mol. The second-order valence-corrected chi connectivity index (χ2v) is 2.61. The predicted octanol–water partition coefficient (Wildman–Crippen LogP) is -0.316. The molecule has 0 radical (unpaired) electrons. The summed E-state index contributed by atoms with van der Waals surface area (Å²) in [6.45, 7) is 1.37. The van der Waals surface area contributed by atoms with Gasteiger partial charge in [-0.1, -0.05) is 0 Å². The molecular weight excluding hydrogens is 150 g/mol. The van der Waals surface area contributed by atoms with E-state index in [1.165, 1.54) is 6.92 Å². The summed E-state index contributed by atoms with van der Waals surface area (Å²) in [4.78, 5) is 0. The van der Waals surface area contributed by atoms with E-state index in [4.69, 9.17) is 4.55 Å². The van der Waals surface area contributed by atoms with E-state index in [1.54, 1.807) is 0 Å². The third-order valence-electron chi connectivity index (χ3n) is 0.365. The van der Waals surface area contributed by atoms with E-state index in [2.05, 4.69) is 18.0 Å². The highest BCUT2D eigenvalue weighted by atomic mass is 32.2. The van der Waals surface area contributed by atoms with E-state index in [-0.39, 0.29) is 5.75 Å². The fourth-order valence-electron chi connectivity index (χ4n) is 0. The van der Waals surface area contributed by atoms with Crippen LogP contribution in [-0.2, 0) is 10.1 Å². The van der Waals surface area contributed by atoms with Crippen molar-refractivity contribution in [3.63, 3.8) is 0 Å². The smallest absolute Gasteiger partial charge is 0.264 e. The molecule has 0 rings (SSSR count). The Bertz CT molecular complexity index is 117. The minimum Gasteiger partial charge on any atom is -0.286 e. The molecule has 4 nitrogen and oxygen atoms in total. The van der Waals surface area contributed by atoms with Crippen molar-refractivity contribution in [3.05, 3.63) is 0 Å². The van der Waals surface area contributed by atoms with Crippen LogP contribution < -0.4 is 5.14 Å². The lowest BCUT2D eigenvalue weighted by Crippen LogP contribution is -1.97. The molecule has 0 aliphatic heterocycles. The van der Waals surface area contributed by atoms with E-state index in [0.717, 1.165) is 0 Å². The first kappa shape index (κ1) is 11.1. The summed E-state index contributed by atoms with van der Waals surface area (Å²) in [6.07, 6.45) is 0. The first-order chi connectivity index (χ1) is 3.56. The van der Waals surface area contributed by atoms with Gasteiger partial charge in [0.2, 0.25) is 0 Å². The Morgan fingerprint density at radius 2 is 1.75 bits per heavy atom. The lowest BCUT2D eigenvalue weighted by Gasteiger charge is -1.79. The highest BCUT2D eigenvalue weighted by molar-refractivity contribution is 7.85. The second-order valence-electron chi connectivity index (χ2n) is 0.871. The molecule has 3 N–H and O–H groups in total. The Hall–Kier alpha value is 0.220. The summed E-state index contributed by atoms with van der Waals surface area (Å²) in [5.74, 6) is -0.201. The van der Waals surface area contributed by atoms with Crippen LogP contribution in [0.25, 0.3) is 0 Å². The van der Waals surface area contributed by atoms with Gasteiger partial charge in [0.05, 0.1) is 5.75 Å². The van der Waals surface area contributed by atoms with E-state index in [9.17, 15) is 8.42 Å². The van der Waals surface area contributed by atoms with Crippen LogP contribution in [-0.4, -0.2) is 18.7 Å². The lowest BCUT2D eigenvalue weighted by molar-refractivity contribution is 0.484. The largest absolute Gasteiger partial charge is 0.286 e. The fraction of sp³-hybridized carbons (Fsp3) is 1.00. The van der Waals surface area contributed by atoms with Gasteiger partial charge in [0, 0.05) is 0 Å². The normalized spacial score (nSPS) is 9.50. The number of thiol groups is 1. The molecular formula is C2H9NO3S2. The van der Waals surface area contributed by atoms with Crippen molar-refractivity contribution in [1.82, 2.24) is 0 Å². The molecule has 0 aliphatic rings. The fourth-order valence-corrected chi connectivity index (χ4v) is 0. The average Bonchev–Trinajstić information content (AvgIpc) is 1.71. The minimum absolute atomic E-state index is 0.201. The van der Waals surface area contributed by atoms with Gasteiger partial charge in [-0.05, 0) is 6.92 Å². The maximum atomic E-state index is 9.56. The van der Waals surface area contributed by atoms with Gasteiger partial charge in [-0.25, -0.2) is 0 Å². The molecule has 0 fully saturated rings. The van der Waals surface area contributed by atoms with E-state index < -0.39 is 10.1 Å². The van der Waals surface area contributed by atoms with Crippen molar-refractivity contribution in [2.75, 3.05) is 5.75 Å². The highest BCUT2D eigenvalue weighted by Gasteiger charge is 1.93. The van der Waals surface area contributed by atoms with Gasteiger partial charge in [-0.3, -0.25) is 9.69 Å². The van der Waals surface area contributed by atoms with Crippen LogP contribution in [0.1, 0.15) is 6.92 Å². The molecule has 0 heterocycles. The third-order valence-corrected chi connectivity index (χ3v) is 1.09. The molecule has 0 aliphatic carbocycles. The molecule has 0 amide bonds. The molecule has 0 saturated heterocycles. The molecule has 0 aromatic heterocycles. The summed E-state index contributed by atoms with van der Waals surface area (Å²) in [5.41, 5.74) is 0. The quantitative estimate of drug-likeness (QED) is 0.362. The van der Waals surface area contributed by atoms with Crippen molar-refractivity contribution in [2.45, 2.75) is 6.92 Å². The summed E-state index contributed by atoms with van der Waals surface area (Å²) < 4.78 is 26.9. The lowest BCUT2D eigenvalue weighted by atomic mass is 11.0. The zero-order valence-corrected chi connectivity index (χ0v) is 6.11. The molecule has 0 saturated carbocycles. The van der Waals surface area contributed by atoms with Gasteiger partial charge in [0.15, 0.2) is 0 Å². The Labute approximate surface area is 54.4 Å². The van der Waals surface area contributed by atoms with Crippen LogP contribution in [0, 0.1) is 0 Å². The summed E-state index contributed by atoms with van der Waals surface area (Å²) in [5, 5.41) is 4.19. The van der Waals surface area contributed by atoms with Gasteiger partial charge in [0.25, 0.3) is 10.1 Å². The van der Waals surface area contributed by atoms with Crippen molar-refractivity contribution >= 4 is 22.9 Å². The van der Waals surface area contributed by atoms with Gasteiger partial charge in [0.1, 0.15) is 0 Å². The molecule has 0 atom stereocenters. The molecule has 0 aromatic carbocycles. The Morgan fingerprint density at radius 3 is 1.75 bits per heavy atom. The standard InChI is InChI=1S/C2H6O3S.H3NS/c1-2-6(3,4)5;1-2/h2H2,1H3,(H,3,4,5);2H,1H2. The van der Waals surface area contributed by atoms with Crippen LogP contribution in [0.2, 0.25) is 0 Å².